The van der Waals surface area contributed by atoms with Crippen LogP contribution in [0.1, 0.15) is 19.5 Å². The van der Waals surface area contributed by atoms with Crippen molar-refractivity contribution in [2.24, 2.45) is 0 Å². The van der Waals surface area contributed by atoms with E-state index in [1.165, 1.54) is 0 Å². The van der Waals surface area contributed by atoms with Gasteiger partial charge in [0, 0.05) is 32.7 Å². The zero-order chi connectivity index (χ0) is 11.4. The SMILES string of the molecule is CC.Cc1nccc2c(Cl)cc(Cl)cc12. The first kappa shape index (κ1) is 12.3. The van der Waals surface area contributed by atoms with Gasteiger partial charge in [-0.05, 0) is 25.1 Å². The molecule has 2 aromatic rings. The van der Waals surface area contributed by atoms with E-state index in [0.717, 1.165) is 16.5 Å². The molecule has 80 valence electrons. The lowest BCUT2D eigenvalue weighted by Crippen LogP contribution is -1.83. The number of hydrogen-bond acceptors (Lipinski definition) is 1. The van der Waals surface area contributed by atoms with Crippen molar-refractivity contribution in [3.63, 3.8) is 0 Å². The van der Waals surface area contributed by atoms with Gasteiger partial charge in [0.2, 0.25) is 0 Å². The number of fused-ring (bicyclic) bond motifs is 1. The minimum atomic E-state index is 0.647. The van der Waals surface area contributed by atoms with Crippen LogP contribution in [0.5, 0.6) is 0 Å². The second-order valence-corrected chi connectivity index (χ2v) is 3.72. The van der Waals surface area contributed by atoms with Gasteiger partial charge in [-0.2, -0.15) is 0 Å². The average molecular weight is 242 g/mol. The molecule has 0 aliphatic rings. The molecule has 1 heterocycles. The van der Waals surface area contributed by atoms with E-state index >= 15 is 0 Å². The maximum absolute atomic E-state index is 6.02. The number of halogens is 2. The van der Waals surface area contributed by atoms with Gasteiger partial charge in [0.25, 0.3) is 0 Å². The molecule has 0 aliphatic heterocycles. The third kappa shape index (κ3) is 2.61. The highest BCUT2D eigenvalue weighted by atomic mass is 35.5. The van der Waals surface area contributed by atoms with E-state index in [0.29, 0.717) is 10.0 Å². The predicted octanol–water partition coefficient (Wildman–Crippen LogP) is 4.88. The van der Waals surface area contributed by atoms with E-state index in [2.05, 4.69) is 4.98 Å². The quantitative estimate of drug-likeness (QED) is 0.641. The summed E-state index contributed by atoms with van der Waals surface area (Å²) >= 11 is 11.9. The van der Waals surface area contributed by atoms with Gasteiger partial charge in [-0.1, -0.05) is 37.0 Å². The molecule has 0 saturated heterocycles. The highest BCUT2D eigenvalue weighted by Gasteiger charge is 2.03. The molecule has 0 amide bonds. The second kappa shape index (κ2) is 5.34. The zero-order valence-electron chi connectivity index (χ0n) is 9.01. The van der Waals surface area contributed by atoms with Crippen LogP contribution in [0.3, 0.4) is 0 Å². The molecule has 0 spiro atoms. The van der Waals surface area contributed by atoms with E-state index < -0.39 is 0 Å². The molecular formula is C12H13Cl2N. The maximum atomic E-state index is 6.02. The molecule has 0 bridgehead atoms. The van der Waals surface area contributed by atoms with Crippen molar-refractivity contribution in [2.45, 2.75) is 20.8 Å². The molecule has 0 unspecified atom stereocenters. The van der Waals surface area contributed by atoms with E-state index in [4.69, 9.17) is 23.2 Å². The summed E-state index contributed by atoms with van der Waals surface area (Å²) < 4.78 is 0. The molecule has 1 aromatic heterocycles. The average Bonchev–Trinajstić information content (AvgIpc) is 2.23. The van der Waals surface area contributed by atoms with Gasteiger partial charge in [0.1, 0.15) is 0 Å². The number of hydrogen-bond donors (Lipinski definition) is 0. The van der Waals surface area contributed by atoms with Gasteiger partial charge >= 0.3 is 0 Å². The molecule has 1 nitrogen and oxygen atoms in total. The normalized spacial score (nSPS) is 9.67. The Morgan fingerprint density at radius 3 is 2.40 bits per heavy atom. The van der Waals surface area contributed by atoms with Crippen LogP contribution in [-0.2, 0) is 0 Å². The maximum Gasteiger partial charge on any atom is 0.0500 e. The number of benzene rings is 1. The van der Waals surface area contributed by atoms with Gasteiger partial charge < -0.3 is 0 Å². The summed E-state index contributed by atoms with van der Waals surface area (Å²) in [6, 6.07) is 5.51. The van der Waals surface area contributed by atoms with E-state index in [1.54, 1.807) is 12.3 Å². The lowest BCUT2D eigenvalue weighted by molar-refractivity contribution is 1.24. The Morgan fingerprint density at radius 1 is 1.07 bits per heavy atom. The third-order valence-electron chi connectivity index (χ3n) is 1.99. The Morgan fingerprint density at radius 2 is 1.73 bits per heavy atom. The van der Waals surface area contributed by atoms with Crippen LogP contribution in [0.2, 0.25) is 10.0 Å². The molecule has 0 atom stereocenters. The minimum absolute atomic E-state index is 0.647. The van der Waals surface area contributed by atoms with E-state index in [1.807, 2.05) is 32.9 Å². The van der Waals surface area contributed by atoms with Crippen LogP contribution in [0, 0.1) is 6.92 Å². The molecule has 15 heavy (non-hydrogen) atoms. The summed E-state index contributed by atoms with van der Waals surface area (Å²) in [6.07, 6.45) is 1.75. The first-order chi connectivity index (χ1) is 7.18. The van der Waals surface area contributed by atoms with Gasteiger partial charge in [-0.3, -0.25) is 4.98 Å². The monoisotopic (exact) mass is 241 g/mol. The summed E-state index contributed by atoms with van der Waals surface area (Å²) in [5, 5.41) is 3.33. The summed E-state index contributed by atoms with van der Waals surface area (Å²) in [4.78, 5) is 4.17. The highest BCUT2D eigenvalue weighted by Crippen LogP contribution is 2.28. The topological polar surface area (TPSA) is 12.9 Å². The first-order valence-electron chi connectivity index (χ1n) is 4.89. The number of rotatable bonds is 0. The van der Waals surface area contributed by atoms with Crippen molar-refractivity contribution in [1.82, 2.24) is 4.98 Å². The number of pyridine rings is 1. The van der Waals surface area contributed by atoms with E-state index in [9.17, 15) is 0 Å². The summed E-state index contributed by atoms with van der Waals surface area (Å²) in [6.45, 7) is 5.94. The molecule has 0 fully saturated rings. The van der Waals surface area contributed by atoms with Crippen LogP contribution >= 0.6 is 23.2 Å². The van der Waals surface area contributed by atoms with Crippen molar-refractivity contribution in [3.8, 4) is 0 Å². The second-order valence-electron chi connectivity index (χ2n) is 2.88. The Kier molecular flexibility index (Phi) is 4.37. The van der Waals surface area contributed by atoms with Crippen molar-refractivity contribution in [3.05, 3.63) is 40.1 Å². The fourth-order valence-electron chi connectivity index (χ4n) is 1.35. The zero-order valence-corrected chi connectivity index (χ0v) is 10.5. The Labute approximate surface area is 100 Å². The molecular weight excluding hydrogens is 229 g/mol. The first-order valence-corrected chi connectivity index (χ1v) is 5.64. The standard InChI is InChI=1S/C10H7Cl2N.C2H6/c1-6-9-4-7(11)5-10(12)8(9)2-3-13-6;1-2/h2-5H,1H3;1-2H3. The summed E-state index contributed by atoms with van der Waals surface area (Å²) in [5.41, 5.74) is 0.946. The number of nitrogens with zero attached hydrogens (tertiary/aromatic N) is 1. The molecule has 1 aromatic carbocycles. The van der Waals surface area contributed by atoms with Gasteiger partial charge in [0.05, 0.1) is 0 Å². The van der Waals surface area contributed by atoms with Crippen molar-refractivity contribution >= 4 is 34.0 Å². The fraction of sp³-hybridized carbons (Fsp3) is 0.250. The number of aryl methyl sites for hydroxylation is 1. The largest absolute Gasteiger partial charge is 0.261 e. The lowest BCUT2D eigenvalue weighted by atomic mass is 10.1. The number of aromatic nitrogens is 1. The smallest absolute Gasteiger partial charge is 0.0500 e. The van der Waals surface area contributed by atoms with Crippen LogP contribution in [0.15, 0.2) is 24.4 Å². The van der Waals surface area contributed by atoms with Crippen LogP contribution in [-0.4, -0.2) is 4.98 Å². The molecule has 0 aliphatic carbocycles. The summed E-state index contributed by atoms with van der Waals surface area (Å²) in [5.74, 6) is 0. The lowest BCUT2D eigenvalue weighted by Gasteiger charge is -2.03. The Balaban J connectivity index is 0.000000531. The van der Waals surface area contributed by atoms with Gasteiger partial charge in [0.15, 0.2) is 0 Å². The van der Waals surface area contributed by atoms with Crippen LogP contribution in [0.4, 0.5) is 0 Å². The highest BCUT2D eigenvalue weighted by molar-refractivity contribution is 6.38. The Bertz CT molecular complexity index is 466. The van der Waals surface area contributed by atoms with Crippen molar-refractivity contribution in [1.29, 1.82) is 0 Å². The third-order valence-corrected chi connectivity index (χ3v) is 2.52. The van der Waals surface area contributed by atoms with Crippen molar-refractivity contribution in [2.75, 3.05) is 0 Å². The van der Waals surface area contributed by atoms with Crippen LogP contribution in [0.25, 0.3) is 10.8 Å². The predicted molar refractivity (Wildman–Crippen MR) is 67.8 cm³/mol. The molecule has 3 heteroatoms. The van der Waals surface area contributed by atoms with E-state index in [-0.39, 0.29) is 0 Å². The van der Waals surface area contributed by atoms with Gasteiger partial charge in [-0.25, -0.2) is 0 Å². The minimum Gasteiger partial charge on any atom is -0.261 e. The molecule has 0 radical (unpaired) electrons. The van der Waals surface area contributed by atoms with Gasteiger partial charge in [-0.15, -0.1) is 0 Å². The molecule has 0 saturated carbocycles. The fourth-order valence-corrected chi connectivity index (χ4v) is 1.90. The summed E-state index contributed by atoms with van der Waals surface area (Å²) in [7, 11) is 0. The molecule has 0 N–H and O–H groups in total. The van der Waals surface area contributed by atoms with Crippen LogP contribution < -0.4 is 0 Å². The van der Waals surface area contributed by atoms with Crippen molar-refractivity contribution < 1.29 is 0 Å². The molecule has 2 rings (SSSR count). The Hall–Kier alpha value is -0.790.